The Morgan fingerprint density at radius 1 is 1.12 bits per heavy atom. The first-order valence-corrected chi connectivity index (χ1v) is 8.22. The van der Waals surface area contributed by atoms with Crippen LogP contribution in [0, 0.1) is 0 Å². The van der Waals surface area contributed by atoms with Gasteiger partial charge >= 0.3 is 0 Å². The molecule has 6 nitrogen and oxygen atoms in total. The minimum atomic E-state index is 0.0464. The van der Waals surface area contributed by atoms with Gasteiger partial charge in [-0.1, -0.05) is 12.1 Å². The lowest BCUT2D eigenvalue weighted by Crippen LogP contribution is -2.53. The molecule has 2 atom stereocenters. The molecule has 0 saturated carbocycles. The van der Waals surface area contributed by atoms with Gasteiger partial charge in [-0.05, 0) is 23.8 Å². The third-order valence-corrected chi connectivity index (χ3v) is 4.64. The van der Waals surface area contributed by atoms with Gasteiger partial charge in [-0.15, -0.1) is 0 Å². The highest BCUT2D eigenvalue weighted by molar-refractivity contribution is 5.78. The van der Waals surface area contributed by atoms with Crippen molar-refractivity contribution < 1.29 is 9.53 Å². The number of morpholine rings is 1. The molecule has 6 heteroatoms. The predicted molar refractivity (Wildman–Crippen MR) is 87.8 cm³/mol. The first-order valence-electron chi connectivity index (χ1n) is 8.22. The molecule has 2 aliphatic heterocycles. The number of carbonyl (C=O) groups is 1. The molecule has 0 spiro atoms. The fraction of sp³-hybridized carbons (Fsp3) is 0.389. The number of hydrogen-bond acceptors (Lipinski definition) is 5. The van der Waals surface area contributed by atoms with Crippen LogP contribution >= 0.6 is 0 Å². The molecule has 0 bridgehead atoms. The molecule has 0 aliphatic carbocycles. The number of pyridine rings is 2. The minimum Gasteiger partial charge on any atom is -0.365 e. The van der Waals surface area contributed by atoms with Gasteiger partial charge in [0.1, 0.15) is 6.61 Å². The van der Waals surface area contributed by atoms with Crippen LogP contribution < -0.4 is 0 Å². The molecule has 2 saturated heterocycles. The monoisotopic (exact) mass is 324 g/mol. The van der Waals surface area contributed by atoms with Gasteiger partial charge in [-0.2, -0.15) is 0 Å². The van der Waals surface area contributed by atoms with E-state index < -0.39 is 0 Å². The molecule has 0 radical (unpaired) electrons. The first-order chi connectivity index (χ1) is 11.8. The number of nitrogens with zero attached hydrogens (tertiary/aromatic N) is 4. The van der Waals surface area contributed by atoms with Crippen molar-refractivity contribution in [3.8, 4) is 0 Å². The summed E-state index contributed by atoms with van der Waals surface area (Å²) in [6.45, 7) is 3.19. The quantitative estimate of drug-likeness (QED) is 0.842. The molecule has 2 unspecified atom stereocenters. The zero-order chi connectivity index (χ0) is 16.4. The molecular weight excluding hydrogens is 304 g/mol. The number of likely N-dealkylation sites (tertiary alicyclic amines) is 1. The molecular formula is C18H20N4O2. The Hall–Kier alpha value is -2.31. The molecule has 2 aromatic heterocycles. The van der Waals surface area contributed by atoms with Gasteiger partial charge in [-0.3, -0.25) is 19.7 Å². The fourth-order valence-electron chi connectivity index (χ4n) is 3.49. The number of hydrogen-bond donors (Lipinski definition) is 0. The smallest absolute Gasteiger partial charge is 0.249 e. The zero-order valence-electron chi connectivity index (χ0n) is 13.4. The lowest BCUT2D eigenvalue weighted by molar-refractivity contribution is -0.154. The summed E-state index contributed by atoms with van der Waals surface area (Å²) in [5.74, 6) is 0.0464. The van der Waals surface area contributed by atoms with E-state index in [1.165, 1.54) is 5.56 Å². The van der Waals surface area contributed by atoms with Gasteiger partial charge in [0.25, 0.3) is 0 Å². The lowest BCUT2D eigenvalue weighted by Gasteiger charge is -2.36. The number of fused-ring (bicyclic) bond motifs is 1. The Kier molecular flexibility index (Phi) is 4.23. The molecule has 2 aliphatic rings. The summed E-state index contributed by atoms with van der Waals surface area (Å²) < 4.78 is 5.78. The van der Waals surface area contributed by atoms with Gasteiger partial charge in [0.05, 0.1) is 24.4 Å². The van der Waals surface area contributed by atoms with Crippen molar-refractivity contribution in [3.05, 3.63) is 60.2 Å². The van der Waals surface area contributed by atoms with Crippen LogP contribution in [0.3, 0.4) is 0 Å². The highest BCUT2D eigenvalue weighted by Gasteiger charge is 2.43. The van der Waals surface area contributed by atoms with E-state index in [4.69, 9.17) is 4.74 Å². The van der Waals surface area contributed by atoms with E-state index in [0.717, 1.165) is 25.3 Å². The summed E-state index contributed by atoms with van der Waals surface area (Å²) in [6, 6.07) is 9.91. The first kappa shape index (κ1) is 15.2. The number of ether oxygens (including phenoxy) is 1. The minimum absolute atomic E-state index is 0.0464. The summed E-state index contributed by atoms with van der Waals surface area (Å²) in [7, 11) is 0. The van der Waals surface area contributed by atoms with Crippen molar-refractivity contribution in [1.82, 2.24) is 19.8 Å². The SMILES string of the molecule is O=C1COC2CN(Cc3cccnc3)CC2N1Cc1ccccn1. The van der Waals surface area contributed by atoms with Gasteiger partial charge in [0.2, 0.25) is 5.91 Å². The summed E-state index contributed by atoms with van der Waals surface area (Å²) in [4.78, 5) is 25.1. The highest BCUT2D eigenvalue weighted by atomic mass is 16.5. The number of carbonyl (C=O) groups excluding carboxylic acids is 1. The average molecular weight is 324 g/mol. The Morgan fingerprint density at radius 2 is 2.08 bits per heavy atom. The van der Waals surface area contributed by atoms with E-state index in [2.05, 4.69) is 20.9 Å². The summed E-state index contributed by atoms with van der Waals surface area (Å²) >= 11 is 0. The van der Waals surface area contributed by atoms with Gasteiger partial charge in [0.15, 0.2) is 0 Å². The Bertz CT molecular complexity index is 695. The molecule has 4 heterocycles. The van der Waals surface area contributed by atoms with E-state index in [1.807, 2.05) is 35.4 Å². The molecule has 2 aromatic rings. The van der Waals surface area contributed by atoms with Crippen LogP contribution in [0.4, 0.5) is 0 Å². The van der Waals surface area contributed by atoms with Crippen molar-refractivity contribution in [1.29, 1.82) is 0 Å². The van der Waals surface area contributed by atoms with Crippen LogP contribution in [-0.4, -0.2) is 57.5 Å². The zero-order valence-corrected chi connectivity index (χ0v) is 13.4. The topological polar surface area (TPSA) is 58.6 Å². The van der Waals surface area contributed by atoms with E-state index in [1.54, 1.807) is 12.4 Å². The maximum absolute atomic E-state index is 12.4. The molecule has 24 heavy (non-hydrogen) atoms. The van der Waals surface area contributed by atoms with Crippen LogP contribution in [0.1, 0.15) is 11.3 Å². The van der Waals surface area contributed by atoms with E-state index in [0.29, 0.717) is 6.54 Å². The van der Waals surface area contributed by atoms with Gasteiger partial charge in [0, 0.05) is 38.2 Å². The third-order valence-electron chi connectivity index (χ3n) is 4.64. The van der Waals surface area contributed by atoms with Gasteiger partial charge in [-0.25, -0.2) is 0 Å². The van der Waals surface area contributed by atoms with Crippen molar-refractivity contribution >= 4 is 5.91 Å². The molecule has 124 valence electrons. The Morgan fingerprint density at radius 3 is 2.88 bits per heavy atom. The predicted octanol–water partition coefficient (Wildman–Crippen LogP) is 1.09. The van der Waals surface area contributed by atoms with E-state index >= 15 is 0 Å². The molecule has 1 amide bonds. The molecule has 4 rings (SSSR count). The van der Waals surface area contributed by atoms with Crippen LogP contribution in [-0.2, 0) is 22.6 Å². The highest BCUT2D eigenvalue weighted by Crippen LogP contribution is 2.26. The van der Waals surface area contributed by atoms with Crippen molar-refractivity contribution in [2.24, 2.45) is 0 Å². The summed E-state index contributed by atoms with van der Waals surface area (Å²) in [6.07, 6.45) is 5.51. The third kappa shape index (κ3) is 3.16. The molecule has 0 aromatic carbocycles. The molecule has 2 fully saturated rings. The van der Waals surface area contributed by atoms with Gasteiger partial charge < -0.3 is 9.64 Å². The van der Waals surface area contributed by atoms with Crippen LogP contribution in [0.25, 0.3) is 0 Å². The van der Waals surface area contributed by atoms with Crippen LogP contribution in [0.15, 0.2) is 48.9 Å². The number of aromatic nitrogens is 2. The average Bonchev–Trinajstić information content (AvgIpc) is 3.02. The van der Waals surface area contributed by atoms with Crippen molar-refractivity contribution in [3.63, 3.8) is 0 Å². The van der Waals surface area contributed by atoms with E-state index in [9.17, 15) is 4.79 Å². The standard InChI is InChI=1S/C18H20N4O2/c23-18-13-24-17-12-21(9-14-4-3-6-19-8-14)11-16(17)22(18)10-15-5-1-2-7-20-15/h1-8,16-17H,9-13H2. The lowest BCUT2D eigenvalue weighted by atomic mass is 10.1. The normalized spacial score (nSPS) is 24.2. The van der Waals surface area contributed by atoms with Crippen molar-refractivity contribution in [2.75, 3.05) is 19.7 Å². The Labute approximate surface area is 141 Å². The second-order valence-electron chi connectivity index (χ2n) is 6.31. The van der Waals surface area contributed by atoms with Crippen LogP contribution in [0.5, 0.6) is 0 Å². The fourth-order valence-corrected chi connectivity index (χ4v) is 3.49. The number of amides is 1. The maximum Gasteiger partial charge on any atom is 0.249 e. The second-order valence-corrected chi connectivity index (χ2v) is 6.31. The molecule has 0 N–H and O–H groups in total. The number of rotatable bonds is 4. The maximum atomic E-state index is 12.4. The van der Waals surface area contributed by atoms with E-state index in [-0.39, 0.29) is 24.7 Å². The largest absolute Gasteiger partial charge is 0.365 e. The van der Waals surface area contributed by atoms with Crippen molar-refractivity contribution in [2.45, 2.75) is 25.2 Å². The summed E-state index contributed by atoms with van der Waals surface area (Å²) in [5, 5.41) is 0. The van der Waals surface area contributed by atoms with Crippen LogP contribution in [0.2, 0.25) is 0 Å². The Balaban J connectivity index is 1.47. The second kappa shape index (κ2) is 6.67. The summed E-state index contributed by atoms with van der Waals surface area (Å²) in [5.41, 5.74) is 2.09.